The highest BCUT2D eigenvalue weighted by Crippen LogP contribution is 2.04. The number of hydrogen-bond acceptors (Lipinski definition) is 2. The van der Waals surface area contributed by atoms with Crippen molar-refractivity contribution in [3.8, 4) is 5.69 Å². The summed E-state index contributed by atoms with van der Waals surface area (Å²) in [6, 6.07) is 7.60. The Morgan fingerprint density at radius 2 is 2.00 bits per heavy atom. The topological polar surface area (TPSA) is 44.8 Å². The predicted molar refractivity (Wildman–Crippen MR) is 47.3 cm³/mol. The lowest BCUT2D eigenvalue weighted by atomic mass is 10.2. The van der Waals surface area contributed by atoms with Crippen LogP contribution in [-0.2, 0) is 0 Å². The van der Waals surface area contributed by atoms with Gasteiger partial charge in [0.1, 0.15) is 5.69 Å². The Balaban J connectivity index is 2.47. The first-order valence-electron chi connectivity index (χ1n) is 3.98. The van der Waals surface area contributed by atoms with Gasteiger partial charge in [-0.15, -0.1) is 0 Å². The second-order valence-corrected chi connectivity index (χ2v) is 2.84. The molecule has 0 spiro atoms. The van der Waals surface area contributed by atoms with Gasteiger partial charge in [-0.05, 0) is 23.9 Å². The Bertz CT molecular complexity index is 405. The summed E-state index contributed by atoms with van der Waals surface area (Å²) in [7, 11) is 0. The zero-order chi connectivity index (χ0) is 9.26. The van der Waals surface area contributed by atoms with E-state index in [-0.39, 0.29) is 0 Å². The molecule has 4 nitrogen and oxygen atoms in total. The molecule has 1 aromatic heterocycles. The van der Waals surface area contributed by atoms with Crippen molar-refractivity contribution >= 4 is 0 Å². The van der Waals surface area contributed by atoms with Crippen LogP contribution in [0.5, 0.6) is 0 Å². The Morgan fingerprint density at radius 1 is 1.31 bits per heavy atom. The highest BCUT2D eigenvalue weighted by atomic mass is 16.5. The minimum atomic E-state index is 0.685. The van der Waals surface area contributed by atoms with Crippen LogP contribution in [0.3, 0.4) is 0 Å². The van der Waals surface area contributed by atoms with E-state index in [9.17, 15) is 5.21 Å². The first kappa shape index (κ1) is 7.79. The second kappa shape index (κ2) is 2.90. The van der Waals surface area contributed by atoms with Crippen molar-refractivity contribution in [1.29, 1.82) is 0 Å². The van der Waals surface area contributed by atoms with Crippen LogP contribution in [0.2, 0.25) is 0 Å². The first-order chi connectivity index (χ1) is 6.27. The van der Waals surface area contributed by atoms with Gasteiger partial charge < -0.3 is 5.21 Å². The smallest absolute Gasteiger partial charge is 0.207 e. The number of rotatable bonds is 1. The third kappa shape index (κ3) is 1.38. The molecule has 2 rings (SSSR count). The molecule has 0 fully saturated rings. The minimum absolute atomic E-state index is 0.685. The van der Waals surface area contributed by atoms with E-state index in [1.807, 2.05) is 31.2 Å². The molecule has 0 radical (unpaired) electrons. The lowest BCUT2D eigenvalue weighted by molar-refractivity contribution is -0.688. The fourth-order valence-electron chi connectivity index (χ4n) is 1.12. The highest BCUT2D eigenvalue weighted by molar-refractivity contribution is 5.31. The summed E-state index contributed by atoms with van der Waals surface area (Å²) in [6.07, 6.45) is 2.83. The van der Waals surface area contributed by atoms with Gasteiger partial charge in [0.25, 0.3) is 0 Å². The van der Waals surface area contributed by atoms with Crippen LogP contribution in [0.25, 0.3) is 5.69 Å². The first-order valence-corrected chi connectivity index (χ1v) is 3.98. The number of aryl methyl sites for hydroxylation is 1. The van der Waals surface area contributed by atoms with Crippen LogP contribution in [-0.4, -0.2) is 9.90 Å². The number of benzene rings is 1. The molecule has 0 aliphatic rings. The van der Waals surface area contributed by atoms with Crippen LogP contribution >= 0.6 is 0 Å². The van der Waals surface area contributed by atoms with Crippen molar-refractivity contribution in [2.45, 2.75) is 6.92 Å². The quantitative estimate of drug-likeness (QED) is 0.475. The molecule has 0 saturated carbocycles. The lowest BCUT2D eigenvalue weighted by Crippen LogP contribution is -2.36. The molecule has 0 saturated heterocycles. The van der Waals surface area contributed by atoms with Gasteiger partial charge in [-0.25, -0.2) is 0 Å². The molecule has 66 valence electrons. The summed E-state index contributed by atoms with van der Waals surface area (Å²) in [5, 5.41) is 15.0. The molecule has 0 aliphatic heterocycles. The Morgan fingerprint density at radius 3 is 2.54 bits per heavy atom. The average molecular weight is 175 g/mol. The van der Waals surface area contributed by atoms with E-state index >= 15 is 0 Å². The van der Waals surface area contributed by atoms with E-state index in [1.54, 1.807) is 0 Å². The van der Waals surface area contributed by atoms with E-state index in [0.717, 1.165) is 11.3 Å². The molecule has 0 unspecified atom stereocenters. The van der Waals surface area contributed by atoms with Gasteiger partial charge in [0.05, 0.1) is 0 Å². The van der Waals surface area contributed by atoms with Gasteiger partial charge in [-0.2, -0.15) is 4.85 Å². The van der Waals surface area contributed by atoms with Crippen molar-refractivity contribution in [3.63, 3.8) is 0 Å². The second-order valence-electron chi connectivity index (χ2n) is 2.84. The summed E-state index contributed by atoms with van der Waals surface area (Å²) in [5.74, 6) is 0. The van der Waals surface area contributed by atoms with Crippen LogP contribution in [0.4, 0.5) is 0 Å². The van der Waals surface area contributed by atoms with Crippen molar-refractivity contribution < 1.29 is 4.85 Å². The van der Waals surface area contributed by atoms with Crippen molar-refractivity contribution in [1.82, 2.24) is 9.90 Å². The molecular weight excluding hydrogens is 166 g/mol. The van der Waals surface area contributed by atoms with Crippen LogP contribution in [0, 0.1) is 12.1 Å². The van der Waals surface area contributed by atoms with E-state index in [1.165, 1.54) is 17.2 Å². The van der Waals surface area contributed by atoms with Crippen molar-refractivity contribution in [3.05, 3.63) is 47.4 Å². The minimum Gasteiger partial charge on any atom is -0.692 e. The SMILES string of the molecule is Cc1ccc(-n2ncc[n+]2[O-])cc1. The van der Waals surface area contributed by atoms with Gasteiger partial charge >= 0.3 is 0 Å². The molecule has 0 bridgehead atoms. The maximum absolute atomic E-state index is 11.1. The summed E-state index contributed by atoms with van der Waals surface area (Å²) in [5.41, 5.74) is 1.93. The zero-order valence-corrected chi connectivity index (χ0v) is 7.21. The molecule has 0 amide bonds. The van der Waals surface area contributed by atoms with Gasteiger partial charge in [-0.1, -0.05) is 17.7 Å². The summed E-state index contributed by atoms with van der Waals surface area (Å²) < 4.78 is 0. The molecule has 0 atom stereocenters. The van der Waals surface area contributed by atoms with E-state index < -0.39 is 0 Å². The molecule has 2 aromatic rings. The monoisotopic (exact) mass is 175 g/mol. The van der Waals surface area contributed by atoms with Gasteiger partial charge in [0.15, 0.2) is 6.20 Å². The van der Waals surface area contributed by atoms with E-state index in [4.69, 9.17) is 0 Å². The number of hydrogen-bond donors (Lipinski definition) is 0. The van der Waals surface area contributed by atoms with Gasteiger partial charge in [0.2, 0.25) is 6.20 Å². The Kier molecular flexibility index (Phi) is 1.73. The van der Waals surface area contributed by atoms with Crippen LogP contribution in [0.1, 0.15) is 5.56 Å². The molecule has 0 N–H and O–H groups in total. The van der Waals surface area contributed by atoms with Gasteiger partial charge in [-0.3, -0.25) is 0 Å². The summed E-state index contributed by atoms with van der Waals surface area (Å²) in [4.78, 5) is 1.98. The highest BCUT2D eigenvalue weighted by Gasteiger charge is 2.04. The number of aromatic nitrogens is 3. The Hall–Kier alpha value is -1.84. The van der Waals surface area contributed by atoms with Crippen LogP contribution in [0.15, 0.2) is 36.7 Å². The van der Waals surface area contributed by atoms with E-state index in [2.05, 4.69) is 5.10 Å². The zero-order valence-electron chi connectivity index (χ0n) is 7.21. The third-order valence-electron chi connectivity index (χ3n) is 1.82. The largest absolute Gasteiger partial charge is 0.692 e. The summed E-state index contributed by atoms with van der Waals surface area (Å²) >= 11 is 0. The third-order valence-corrected chi connectivity index (χ3v) is 1.82. The molecule has 1 aromatic carbocycles. The van der Waals surface area contributed by atoms with Crippen molar-refractivity contribution in [2.75, 3.05) is 0 Å². The molecule has 4 heteroatoms. The van der Waals surface area contributed by atoms with Gasteiger partial charge in [0, 0.05) is 5.10 Å². The van der Waals surface area contributed by atoms with Crippen LogP contribution < -0.4 is 4.85 Å². The summed E-state index contributed by atoms with van der Waals surface area (Å²) in [6.45, 7) is 2.00. The fourth-order valence-corrected chi connectivity index (χ4v) is 1.12. The maximum Gasteiger partial charge on any atom is 0.207 e. The molecule has 1 heterocycles. The lowest BCUT2D eigenvalue weighted by Gasteiger charge is -2.02. The molecule has 0 aliphatic carbocycles. The predicted octanol–water partition coefficient (Wildman–Crippen LogP) is 0.814. The maximum atomic E-state index is 11.1. The molecular formula is C9H9N3O. The fraction of sp³-hybridized carbons (Fsp3) is 0.111. The van der Waals surface area contributed by atoms with E-state index in [0.29, 0.717) is 4.85 Å². The standard InChI is InChI=1S/C9H9N3O/c1-8-2-4-9(5-3-8)12-10-6-7-11(12)13/h2-7H,1H3. The average Bonchev–Trinajstić information content (AvgIpc) is 2.53. The normalized spacial score (nSPS) is 10.2. The Labute approximate surface area is 75.6 Å². The van der Waals surface area contributed by atoms with Crippen molar-refractivity contribution in [2.24, 2.45) is 0 Å². The molecule has 13 heavy (non-hydrogen) atoms. The number of nitrogens with zero attached hydrogens (tertiary/aromatic N) is 3.